The number of rotatable bonds is 5. The highest BCUT2D eigenvalue weighted by molar-refractivity contribution is 7.98. The van der Waals surface area contributed by atoms with E-state index in [0.29, 0.717) is 23.0 Å². The number of pyridine rings is 1. The Balaban J connectivity index is 1.43. The van der Waals surface area contributed by atoms with Gasteiger partial charge in [0.15, 0.2) is 10.8 Å². The van der Waals surface area contributed by atoms with Gasteiger partial charge in [0.05, 0.1) is 16.2 Å². The van der Waals surface area contributed by atoms with E-state index in [1.54, 1.807) is 12.1 Å². The van der Waals surface area contributed by atoms with Crippen LogP contribution >= 0.6 is 11.8 Å². The van der Waals surface area contributed by atoms with Crippen molar-refractivity contribution < 1.29 is 9.45 Å². The zero-order valence-corrected chi connectivity index (χ0v) is 16.5. The number of nitro benzene ring substituents is 1. The van der Waals surface area contributed by atoms with E-state index in [9.17, 15) is 10.1 Å². The third kappa shape index (κ3) is 3.16. The third-order valence-corrected chi connectivity index (χ3v) is 5.60. The topological polar surface area (TPSA) is 112 Å². The smallest absolute Gasteiger partial charge is 0.270 e. The maximum atomic E-state index is 11.0. The molecule has 0 unspecified atom stereocenters. The van der Waals surface area contributed by atoms with Gasteiger partial charge in [-0.15, -0.1) is 10.2 Å². The molecule has 0 radical (unpaired) electrons. The number of non-ortho nitro benzene ring substituents is 1. The molecule has 2 aromatic carbocycles. The summed E-state index contributed by atoms with van der Waals surface area (Å²) in [6.45, 7) is 2.05. The second-order valence-corrected chi connectivity index (χ2v) is 7.57. The molecule has 30 heavy (non-hydrogen) atoms. The molecular weight excluding hydrogens is 404 g/mol. The first-order valence-electron chi connectivity index (χ1n) is 9.04. The molecule has 3 heterocycles. The summed E-state index contributed by atoms with van der Waals surface area (Å²) >= 11 is 1.43. The van der Waals surface area contributed by atoms with Crippen molar-refractivity contribution >= 4 is 34.0 Å². The second-order valence-electron chi connectivity index (χ2n) is 6.63. The first kappa shape index (κ1) is 18.3. The molecule has 0 spiro atoms. The van der Waals surface area contributed by atoms with Gasteiger partial charge in [-0.25, -0.2) is 0 Å². The Morgan fingerprint density at radius 2 is 2.00 bits per heavy atom. The van der Waals surface area contributed by atoms with Crippen molar-refractivity contribution in [2.75, 3.05) is 0 Å². The number of thioether (sulfide) groups is 1. The van der Waals surface area contributed by atoms with Crippen LogP contribution in [0.15, 0.2) is 64.3 Å². The largest absolute Gasteiger partial charge is 0.338 e. The number of para-hydroxylation sites is 1. The van der Waals surface area contributed by atoms with Crippen molar-refractivity contribution in [2.24, 2.45) is 0 Å². The van der Waals surface area contributed by atoms with Gasteiger partial charge >= 0.3 is 0 Å². The molecule has 5 rings (SSSR count). The Hall–Kier alpha value is -3.79. The van der Waals surface area contributed by atoms with Crippen molar-refractivity contribution in [1.29, 1.82) is 0 Å². The van der Waals surface area contributed by atoms with Crippen LogP contribution in [-0.2, 0) is 5.75 Å². The first-order chi connectivity index (χ1) is 14.6. The Kier molecular flexibility index (Phi) is 4.40. The summed E-state index contributed by atoms with van der Waals surface area (Å²) in [7, 11) is 0. The highest BCUT2D eigenvalue weighted by atomic mass is 32.2. The Morgan fingerprint density at radius 1 is 1.13 bits per heavy atom. The lowest BCUT2D eigenvalue weighted by Crippen LogP contribution is -1.93. The summed E-state index contributed by atoms with van der Waals surface area (Å²) in [5, 5.41) is 25.4. The fraction of sp³-hybridized carbons (Fsp3) is 0.100. The Morgan fingerprint density at radius 3 is 2.87 bits per heavy atom. The molecule has 0 aliphatic carbocycles. The monoisotopic (exact) mass is 418 g/mol. The van der Waals surface area contributed by atoms with Crippen molar-refractivity contribution in [3.63, 3.8) is 0 Å². The van der Waals surface area contributed by atoms with E-state index in [2.05, 4.69) is 33.3 Å². The van der Waals surface area contributed by atoms with Crippen molar-refractivity contribution in [2.45, 2.75) is 17.8 Å². The molecule has 10 heteroatoms. The second kappa shape index (κ2) is 7.23. The van der Waals surface area contributed by atoms with Crippen LogP contribution in [0.5, 0.6) is 0 Å². The van der Waals surface area contributed by atoms with Crippen LogP contribution in [0.1, 0.15) is 11.5 Å². The number of aryl methyl sites for hydroxylation is 1. The predicted octanol–water partition coefficient (Wildman–Crippen LogP) is 4.44. The lowest BCUT2D eigenvalue weighted by atomic mass is 10.1. The number of benzene rings is 2. The molecular formula is C20H14N6O3S. The summed E-state index contributed by atoms with van der Waals surface area (Å²) in [5.41, 5.74) is 3.45. The van der Waals surface area contributed by atoms with E-state index in [-0.39, 0.29) is 5.69 Å². The molecule has 0 amide bonds. The molecule has 0 saturated carbocycles. The predicted molar refractivity (Wildman–Crippen MR) is 111 cm³/mol. The fourth-order valence-corrected chi connectivity index (χ4v) is 4.07. The first-order valence-corrected chi connectivity index (χ1v) is 10.0. The van der Waals surface area contributed by atoms with E-state index in [4.69, 9.17) is 4.52 Å². The van der Waals surface area contributed by atoms with Crippen LogP contribution in [0.2, 0.25) is 0 Å². The van der Waals surface area contributed by atoms with Gasteiger partial charge < -0.3 is 4.52 Å². The molecule has 0 aliphatic rings. The molecule has 0 N–H and O–H groups in total. The average molecular weight is 418 g/mol. The van der Waals surface area contributed by atoms with Crippen LogP contribution in [0.3, 0.4) is 0 Å². The van der Waals surface area contributed by atoms with Crippen LogP contribution in [0.4, 0.5) is 5.69 Å². The number of nitrogens with zero attached hydrogens (tertiary/aromatic N) is 6. The molecule has 0 fully saturated rings. The quantitative estimate of drug-likeness (QED) is 0.234. The van der Waals surface area contributed by atoms with E-state index in [1.807, 2.05) is 28.7 Å². The van der Waals surface area contributed by atoms with Gasteiger partial charge in [0.1, 0.15) is 0 Å². The SMILES string of the molecule is Cc1cc2nnc(SCc3nc(-c4cccc([N+](=O)[O-])c4)no3)n2c2ccccc12. The maximum Gasteiger partial charge on any atom is 0.270 e. The summed E-state index contributed by atoms with van der Waals surface area (Å²) in [4.78, 5) is 14.9. The average Bonchev–Trinajstić information content (AvgIpc) is 3.40. The van der Waals surface area contributed by atoms with Crippen LogP contribution in [0, 0.1) is 17.0 Å². The van der Waals surface area contributed by atoms with E-state index >= 15 is 0 Å². The lowest BCUT2D eigenvalue weighted by molar-refractivity contribution is -0.384. The highest BCUT2D eigenvalue weighted by Crippen LogP contribution is 2.28. The molecule has 148 valence electrons. The van der Waals surface area contributed by atoms with Gasteiger partial charge in [0.25, 0.3) is 5.69 Å². The Labute approximate surface area is 173 Å². The highest BCUT2D eigenvalue weighted by Gasteiger charge is 2.15. The van der Waals surface area contributed by atoms with Gasteiger partial charge in [0, 0.05) is 23.1 Å². The van der Waals surface area contributed by atoms with Gasteiger partial charge in [-0.05, 0) is 24.6 Å². The summed E-state index contributed by atoms with van der Waals surface area (Å²) < 4.78 is 7.33. The van der Waals surface area contributed by atoms with Crippen LogP contribution in [-0.4, -0.2) is 29.7 Å². The number of nitro groups is 1. The normalized spacial score (nSPS) is 11.4. The van der Waals surface area contributed by atoms with Gasteiger partial charge in [-0.1, -0.05) is 47.3 Å². The Bertz CT molecular complexity index is 1410. The number of fused-ring (bicyclic) bond motifs is 3. The van der Waals surface area contributed by atoms with Gasteiger partial charge in [0.2, 0.25) is 11.7 Å². The molecule has 0 bridgehead atoms. The molecule has 0 aliphatic heterocycles. The van der Waals surface area contributed by atoms with E-state index in [1.165, 1.54) is 23.9 Å². The standard InChI is InChI=1S/C20H14N6O3S/c1-12-9-17-22-23-20(25(17)16-8-3-2-7-15(12)16)30-11-18-21-19(24-29-18)13-5-4-6-14(10-13)26(27)28/h2-10H,11H2,1H3. The molecule has 0 atom stereocenters. The molecule has 0 saturated heterocycles. The fourth-order valence-electron chi connectivity index (χ4n) is 3.28. The van der Waals surface area contributed by atoms with Gasteiger partial charge in [-0.2, -0.15) is 4.98 Å². The van der Waals surface area contributed by atoms with Crippen LogP contribution in [0.25, 0.3) is 27.9 Å². The van der Waals surface area contributed by atoms with Crippen LogP contribution < -0.4 is 0 Å². The van der Waals surface area contributed by atoms with Gasteiger partial charge in [-0.3, -0.25) is 14.5 Å². The molecule has 3 aromatic heterocycles. The minimum atomic E-state index is -0.456. The van der Waals surface area contributed by atoms with Crippen molar-refractivity contribution in [3.05, 3.63) is 76.2 Å². The zero-order valence-electron chi connectivity index (χ0n) is 15.7. The number of hydrogen-bond donors (Lipinski definition) is 0. The summed E-state index contributed by atoms with van der Waals surface area (Å²) in [5.74, 6) is 1.10. The number of aromatic nitrogens is 5. The van der Waals surface area contributed by atoms with E-state index in [0.717, 1.165) is 27.3 Å². The zero-order chi connectivity index (χ0) is 20.7. The minimum absolute atomic E-state index is 0.0228. The number of hydrogen-bond acceptors (Lipinski definition) is 8. The van der Waals surface area contributed by atoms with Crippen molar-refractivity contribution in [3.8, 4) is 11.4 Å². The maximum absolute atomic E-state index is 11.0. The lowest BCUT2D eigenvalue weighted by Gasteiger charge is -2.06. The molecule has 5 aromatic rings. The minimum Gasteiger partial charge on any atom is -0.338 e. The molecule has 9 nitrogen and oxygen atoms in total. The summed E-state index contributed by atoms with van der Waals surface area (Å²) in [6, 6.07) is 16.2. The third-order valence-electron chi connectivity index (χ3n) is 4.68. The van der Waals surface area contributed by atoms with Crippen molar-refractivity contribution in [1.82, 2.24) is 24.7 Å². The summed E-state index contributed by atoms with van der Waals surface area (Å²) in [6.07, 6.45) is 0. The van der Waals surface area contributed by atoms with E-state index < -0.39 is 4.92 Å².